The van der Waals surface area contributed by atoms with Crippen molar-refractivity contribution in [3.63, 3.8) is 0 Å². The van der Waals surface area contributed by atoms with Crippen LogP contribution in [0, 0.1) is 0 Å². The van der Waals surface area contributed by atoms with Gasteiger partial charge in [-0.2, -0.15) is 0 Å². The molecule has 0 aromatic heterocycles. The first-order valence-electron chi connectivity index (χ1n) is 5.32. The van der Waals surface area contributed by atoms with Crippen molar-refractivity contribution in [3.05, 3.63) is 46.3 Å². The molecule has 0 aliphatic rings. The second-order valence-corrected chi connectivity index (χ2v) is 3.27. The lowest BCUT2D eigenvalue weighted by molar-refractivity contribution is 0.733. The van der Waals surface area contributed by atoms with Crippen LogP contribution in [0.25, 0.3) is 10.4 Å². The number of benzene rings is 1. The molecule has 1 aromatic rings. The van der Waals surface area contributed by atoms with Crippen LogP contribution in [-0.4, -0.2) is 6.54 Å². The summed E-state index contributed by atoms with van der Waals surface area (Å²) in [5.74, 6) is 0.709. The Labute approximate surface area is 91.8 Å². The van der Waals surface area contributed by atoms with E-state index >= 15 is 0 Å². The quantitative estimate of drug-likeness (QED) is 0.396. The van der Waals surface area contributed by atoms with Gasteiger partial charge in [0.05, 0.1) is 0 Å². The lowest BCUT2D eigenvalue weighted by Gasteiger charge is -2.06. The minimum atomic E-state index is 0.552. The third-order valence-electron chi connectivity index (χ3n) is 2.19. The van der Waals surface area contributed by atoms with Crippen LogP contribution in [0.5, 0.6) is 0 Å². The van der Waals surface area contributed by atoms with Crippen LogP contribution in [0.15, 0.2) is 35.4 Å². The molecular weight excluding hydrogens is 186 g/mol. The first-order chi connectivity index (χ1) is 7.26. The summed E-state index contributed by atoms with van der Waals surface area (Å²) in [7, 11) is 0. The van der Waals surface area contributed by atoms with Gasteiger partial charge in [-0.3, -0.25) is 0 Å². The third kappa shape index (κ3) is 6.58. The Balaban J connectivity index is 0.000000336. The molecule has 0 aliphatic carbocycles. The van der Waals surface area contributed by atoms with Crippen LogP contribution in [0.1, 0.15) is 38.7 Å². The van der Waals surface area contributed by atoms with Gasteiger partial charge in [0, 0.05) is 11.5 Å². The van der Waals surface area contributed by atoms with E-state index in [1.165, 1.54) is 12.0 Å². The SMILES string of the molecule is CCC(C)c1ccccc1.CCN=[N+]=[N-]. The molecule has 3 heteroatoms. The molecule has 0 spiro atoms. The second kappa shape index (κ2) is 9.10. The first kappa shape index (κ1) is 13.5. The lowest BCUT2D eigenvalue weighted by Crippen LogP contribution is -1.88. The summed E-state index contributed by atoms with van der Waals surface area (Å²) in [6.45, 7) is 6.82. The Bertz CT molecular complexity index is 289. The van der Waals surface area contributed by atoms with E-state index in [1.807, 2.05) is 0 Å². The van der Waals surface area contributed by atoms with Gasteiger partial charge < -0.3 is 0 Å². The molecule has 0 aliphatic heterocycles. The van der Waals surface area contributed by atoms with Crippen molar-refractivity contribution in [2.24, 2.45) is 5.11 Å². The molecule has 1 unspecified atom stereocenters. The fourth-order valence-electron chi connectivity index (χ4n) is 1.08. The van der Waals surface area contributed by atoms with E-state index in [4.69, 9.17) is 5.53 Å². The molecule has 0 saturated heterocycles. The highest BCUT2D eigenvalue weighted by Gasteiger charge is 1.98. The largest absolute Gasteiger partial charge is 0.0943 e. The molecule has 0 amide bonds. The molecule has 0 heterocycles. The molecule has 0 bridgehead atoms. The van der Waals surface area contributed by atoms with E-state index < -0.39 is 0 Å². The predicted molar refractivity (Wildman–Crippen MR) is 64.8 cm³/mol. The van der Waals surface area contributed by atoms with Gasteiger partial charge in [0.2, 0.25) is 0 Å². The maximum Gasteiger partial charge on any atom is 0.0229 e. The highest BCUT2D eigenvalue weighted by molar-refractivity contribution is 5.18. The van der Waals surface area contributed by atoms with Crippen LogP contribution in [0.2, 0.25) is 0 Å². The number of nitrogens with zero attached hydrogens (tertiary/aromatic N) is 3. The van der Waals surface area contributed by atoms with Crippen LogP contribution in [0.3, 0.4) is 0 Å². The van der Waals surface area contributed by atoms with Crippen molar-refractivity contribution >= 4 is 0 Å². The third-order valence-corrected chi connectivity index (χ3v) is 2.19. The van der Waals surface area contributed by atoms with Crippen LogP contribution in [0.4, 0.5) is 0 Å². The van der Waals surface area contributed by atoms with Crippen molar-refractivity contribution in [1.29, 1.82) is 0 Å². The number of hydrogen-bond acceptors (Lipinski definition) is 1. The highest BCUT2D eigenvalue weighted by Crippen LogP contribution is 2.16. The van der Waals surface area contributed by atoms with Crippen molar-refractivity contribution in [3.8, 4) is 0 Å². The minimum Gasteiger partial charge on any atom is -0.0943 e. The smallest absolute Gasteiger partial charge is 0.0229 e. The molecule has 3 nitrogen and oxygen atoms in total. The molecule has 1 atom stereocenters. The summed E-state index contributed by atoms with van der Waals surface area (Å²) in [4.78, 5) is 2.48. The number of hydrogen-bond donors (Lipinski definition) is 0. The topological polar surface area (TPSA) is 48.8 Å². The standard InChI is InChI=1S/C10H14.C2H5N3/c1-3-9(2)10-7-5-4-6-8-10;1-2-4-5-3/h4-9H,3H2,1-2H3;2H2,1H3. The van der Waals surface area contributed by atoms with Crippen LogP contribution in [-0.2, 0) is 0 Å². The van der Waals surface area contributed by atoms with Crippen LogP contribution >= 0.6 is 0 Å². The molecule has 1 aromatic carbocycles. The molecule has 15 heavy (non-hydrogen) atoms. The Kier molecular flexibility index (Phi) is 8.21. The van der Waals surface area contributed by atoms with Gasteiger partial charge in [-0.05, 0) is 23.4 Å². The van der Waals surface area contributed by atoms with Gasteiger partial charge in [-0.15, -0.1) is 0 Å². The van der Waals surface area contributed by atoms with Crippen molar-refractivity contribution in [2.75, 3.05) is 6.54 Å². The van der Waals surface area contributed by atoms with E-state index in [9.17, 15) is 0 Å². The van der Waals surface area contributed by atoms with E-state index in [0.717, 1.165) is 0 Å². The molecule has 82 valence electrons. The summed E-state index contributed by atoms with van der Waals surface area (Å²) in [5.41, 5.74) is 8.97. The van der Waals surface area contributed by atoms with Crippen LogP contribution < -0.4 is 0 Å². The zero-order valence-electron chi connectivity index (χ0n) is 9.72. The maximum atomic E-state index is 7.52. The van der Waals surface area contributed by atoms with Gasteiger partial charge >= 0.3 is 0 Å². The van der Waals surface area contributed by atoms with Crippen molar-refractivity contribution in [1.82, 2.24) is 0 Å². The van der Waals surface area contributed by atoms with Crippen molar-refractivity contribution in [2.45, 2.75) is 33.1 Å². The van der Waals surface area contributed by atoms with E-state index in [2.05, 4.69) is 54.2 Å². The summed E-state index contributed by atoms with van der Waals surface area (Å²) >= 11 is 0. The Morgan fingerprint density at radius 3 is 2.20 bits per heavy atom. The van der Waals surface area contributed by atoms with E-state index in [0.29, 0.717) is 12.5 Å². The molecule has 1 rings (SSSR count). The minimum absolute atomic E-state index is 0.552. The summed E-state index contributed by atoms with van der Waals surface area (Å²) < 4.78 is 0. The maximum absolute atomic E-state index is 7.52. The summed E-state index contributed by atoms with van der Waals surface area (Å²) in [5, 5.41) is 3.15. The van der Waals surface area contributed by atoms with Gasteiger partial charge in [0.15, 0.2) is 0 Å². The lowest BCUT2D eigenvalue weighted by atomic mass is 9.99. The second-order valence-electron chi connectivity index (χ2n) is 3.27. The molecule has 0 fully saturated rings. The normalized spacial score (nSPS) is 10.6. The van der Waals surface area contributed by atoms with Gasteiger partial charge in [0.1, 0.15) is 0 Å². The molecule has 0 radical (unpaired) electrons. The molecule has 0 N–H and O–H groups in total. The molecule has 0 saturated carbocycles. The zero-order chi connectivity index (χ0) is 11.5. The first-order valence-corrected chi connectivity index (χ1v) is 5.32. The van der Waals surface area contributed by atoms with Crippen molar-refractivity contribution < 1.29 is 0 Å². The fourth-order valence-corrected chi connectivity index (χ4v) is 1.08. The monoisotopic (exact) mass is 205 g/mol. The van der Waals surface area contributed by atoms with E-state index in [1.54, 1.807) is 6.92 Å². The Morgan fingerprint density at radius 2 is 1.87 bits per heavy atom. The summed E-state index contributed by atoms with van der Waals surface area (Å²) in [6, 6.07) is 10.6. The van der Waals surface area contributed by atoms with Gasteiger partial charge in [0.25, 0.3) is 0 Å². The summed E-state index contributed by atoms with van der Waals surface area (Å²) in [6.07, 6.45) is 1.23. The number of rotatable bonds is 3. The van der Waals surface area contributed by atoms with E-state index in [-0.39, 0.29) is 0 Å². The highest BCUT2D eigenvalue weighted by atomic mass is 15.1. The zero-order valence-corrected chi connectivity index (χ0v) is 9.72. The Morgan fingerprint density at radius 1 is 1.27 bits per heavy atom. The average Bonchev–Trinajstić information content (AvgIpc) is 2.31. The number of azide groups is 1. The Hall–Kier alpha value is -1.47. The molecular formula is C12H19N3. The van der Waals surface area contributed by atoms with Gasteiger partial charge in [-0.1, -0.05) is 56.2 Å². The van der Waals surface area contributed by atoms with Gasteiger partial charge in [-0.25, -0.2) is 0 Å². The fraction of sp³-hybridized carbons (Fsp3) is 0.500. The predicted octanol–water partition coefficient (Wildman–Crippen LogP) is 4.52. The average molecular weight is 205 g/mol.